The maximum Gasteiger partial charge on any atom is 0.317 e. The second-order valence-corrected chi connectivity index (χ2v) is 7.39. The third-order valence-corrected chi connectivity index (χ3v) is 5.63. The molecular formula is C20H25FN4O2. The number of carbonyl (C=O) groups excluding carboxylic acids is 1. The van der Waals surface area contributed by atoms with Crippen molar-refractivity contribution in [1.82, 2.24) is 20.4 Å². The average molecular weight is 372 g/mol. The Morgan fingerprint density at radius 3 is 2.85 bits per heavy atom. The minimum absolute atomic E-state index is 0.0838. The number of H-pyrrole nitrogens is 1. The Kier molecular flexibility index (Phi) is 5.01. The summed E-state index contributed by atoms with van der Waals surface area (Å²) in [4.78, 5) is 14.7. The van der Waals surface area contributed by atoms with Crippen molar-refractivity contribution >= 4 is 6.03 Å². The number of likely N-dealkylation sites (tertiary alicyclic amines) is 1. The fourth-order valence-electron chi connectivity index (χ4n) is 4.10. The first-order chi connectivity index (χ1) is 13.1. The summed E-state index contributed by atoms with van der Waals surface area (Å²) in [5.41, 5.74) is 3.08. The van der Waals surface area contributed by atoms with E-state index in [-0.39, 0.29) is 17.9 Å². The lowest BCUT2D eigenvalue weighted by atomic mass is 9.90. The normalized spacial score (nSPS) is 20.5. The van der Waals surface area contributed by atoms with Gasteiger partial charge in [0.25, 0.3) is 0 Å². The molecule has 4 rings (SSSR count). The van der Waals surface area contributed by atoms with Gasteiger partial charge >= 0.3 is 6.03 Å². The van der Waals surface area contributed by atoms with Crippen LogP contribution in [0.2, 0.25) is 0 Å². The predicted octanol–water partition coefficient (Wildman–Crippen LogP) is 3.66. The van der Waals surface area contributed by atoms with Crippen molar-refractivity contribution in [1.29, 1.82) is 0 Å². The molecule has 6 nitrogen and oxygen atoms in total. The Bertz CT molecular complexity index is 814. The Morgan fingerprint density at radius 2 is 2.11 bits per heavy atom. The zero-order chi connectivity index (χ0) is 18.8. The van der Waals surface area contributed by atoms with Crippen molar-refractivity contribution < 1.29 is 13.9 Å². The van der Waals surface area contributed by atoms with Crippen molar-refractivity contribution in [3.63, 3.8) is 0 Å². The summed E-state index contributed by atoms with van der Waals surface area (Å²) in [6.07, 6.45) is 5.31. The molecule has 1 atom stereocenters. The first-order valence-corrected chi connectivity index (χ1v) is 9.59. The molecule has 0 bridgehead atoms. The number of aromatic nitrogens is 2. The van der Waals surface area contributed by atoms with Crippen LogP contribution in [0, 0.1) is 12.7 Å². The van der Waals surface area contributed by atoms with Gasteiger partial charge in [-0.05, 0) is 62.3 Å². The fraction of sp³-hybridized carbons (Fsp3) is 0.500. The number of nitrogens with zero attached hydrogens (tertiary/aromatic N) is 2. The van der Waals surface area contributed by atoms with Gasteiger partial charge in [0.1, 0.15) is 11.6 Å². The van der Waals surface area contributed by atoms with Gasteiger partial charge in [0.05, 0.1) is 18.8 Å². The Hall–Kier alpha value is -2.57. The van der Waals surface area contributed by atoms with Gasteiger partial charge in [0.15, 0.2) is 0 Å². The predicted molar refractivity (Wildman–Crippen MR) is 99.3 cm³/mol. The van der Waals surface area contributed by atoms with E-state index in [2.05, 4.69) is 15.5 Å². The van der Waals surface area contributed by atoms with Crippen LogP contribution in [0.3, 0.4) is 0 Å². The topological polar surface area (TPSA) is 70.2 Å². The van der Waals surface area contributed by atoms with E-state index in [0.717, 1.165) is 36.9 Å². The molecule has 144 valence electrons. The van der Waals surface area contributed by atoms with Crippen LogP contribution in [-0.2, 0) is 0 Å². The Balaban J connectivity index is 1.40. The summed E-state index contributed by atoms with van der Waals surface area (Å²) in [5, 5.41) is 10.2. The van der Waals surface area contributed by atoms with E-state index in [1.54, 1.807) is 6.07 Å². The molecule has 1 aromatic carbocycles. The molecule has 2 N–H and O–H groups in total. The van der Waals surface area contributed by atoms with Crippen molar-refractivity contribution in [2.24, 2.45) is 0 Å². The Labute approximate surface area is 158 Å². The maximum atomic E-state index is 13.7. The number of nitrogens with one attached hydrogen (secondary N) is 2. The number of ether oxygens (including phenoxy) is 1. The summed E-state index contributed by atoms with van der Waals surface area (Å²) in [7, 11) is 0. The van der Waals surface area contributed by atoms with E-state index in [4.69, 9.17) is 4.74 Å². The number of fused-ring (bicyclic) bond motifs is 1. The monoisotopic (exact) mass is 372 g/mol. The van der Waals surface area contributed by atoms with Gasteiger partial charge in [-0.15, -0.1) is 0 Å². The highest BCUT2D eigenvalue weighted by Crippen LogP contribution is 2.33. The lowest BCUT2D eigenvalue weighted by Crippen LogP contribution is -2.45. The van der Waals surface area contributed by atoms with Crippen LogP contribution in [-0.4, -0.2) is 40.8 Å². The fourth-order valence-corrected chi connectivity index (χ4v) is 4.10. The first kappa shape index (κ1) is 17.8. The molecular weight excluding hydrogens is 347 g/mol. The molecule has 1 saturated heterocycles. The van der Waals surface area contributed by atoms with Crippen molar-refractivity contribution in [3.8, 4) is 5.75 Å². The highest BCUT2D eigenvalue weighted by Gasteiger charge is 2.28. The van der Waals surface area contributed by atoms with E-state index in [1.807, 2.05) is 18.0 Å². The standard InChI is InChI=1S/C20H25FN4O2/c1-13-17(12-22-24-13)14-6-8-25(9-7-14)20(26)23-18-3-2-10-27-19-5-4-15(21)11-16(18)19/h4-5,11-12,14,18H,2-3,6-10H2,1H3,(H,22,24)(H,23,26). The molecule has 7 heteroatoms. The average Bonchev–Trinajstić information content (AvgIpc) is 3.01. The quantitative estimate of drug-likeness (QED) is 0.845. The summed E-state index contributed by atoms with van der Waals surface area (Å²) < 4.78 is 19.4. The number of aromatic amines is 1. The summed E-state index contributed by atoms with van der Waals surface area (Å²) in [6.45, 7) is 4.03. The van der Waals surface area contributed by atoms with Crippen molar-refractivity contribution in [2.75, 3.05) is 19.7 Å². The zero-order valence-electron chi connectivity index (χ0n) is 15.5. The lowest BCUT2D eigenvalue weighted by molar-refractivity contribution is 0.177. The van der Waals surface area contributed by atoms with E-state index >= 15 is 0 Å². The molecule has 1 fully saturated rings. The molecule has 1 aromatic heterocycles. The minimum atomic E-state index is -0.310. The molecule has 2 aliphatic heterocycles. The number of amides is 2. The second-order valence-electron chi connectivity index (χ2n) is 7.39. The number of aryl methyl sites for hydroxylation is 1. The molecule has 0 radical (unpaired) electrons. The number of rotatable bonds is 2. The van der Waals surface area contributed by atoms with E-state index in [0.29, 0.717) is 31.4 Å². The number of piperidine rings is 1. The Morgan fingerprint density at radius 1 is 1.30 bits per heavy atom. The third kappa shape index (κ3) is 3.77. The van der Waals surface area contributed by atoms with Gasteiger partial charge < -0.3 is 15.0 Å². The second kappa shape index (κ2) is 7.58. The molecule has 2 aliphatic rings. The van der Waals surface area contributed by atoms with Gasteiger partial charge in [0.2, 0.25) is 0 Å². The first-order valence-electron chi connectivity index (χ1n) is 9.59. The van der Waals surface area contributed by atoms with Gasteiger partial charge in [-0.3, -0.25) is 5.10 Å². The molecule has 3 heterocycles. The number of hydrogen-bond acceptors (Lipinski definition) is 3. The van der Waals surface area contributed by atoms with Gasteiger partial charge in [0, 0.05) is 24.3 Å². The third-order valence-electron chi connectivity index (χ3n) is 5.63. The number of carbonyl (C=O) groups is 1. The van der Waals surface area contributed by atoms with Gasteiger partial charge in [-0.2, -0.15) is 5.10 Å². The number of benzene rings is 1. The van der Waals surface area contributed by atoms with E-state index in [1.165, 1.54) is 17.7 Å². The smallest absolute Gasteiger partial charge is 0.317 e. The largest absolute Gasteiger partial charge is 0.493 e. The molecule has 0 spiro atoms. The van der Waals surface area contributed by atoms with Crippen LogP contribution in [0.1, 0.15) is 54.5 Å². The lowest BCUT2D eigenvalue weighted by Gasteiger charge is -2.33. The molecule has 27 heavy (non-hydrogen) atoms. The molecule has 2 aromatic rings. The van der Waals surface area contributed by atoms with Crippen LogP contribution in [0.25, 0.3) is 0 Å². The van der Waals surface area contributed by atoms with Crippen LogP contribution < -0.4 is 10.1 Å². The summed E-state index contributed by atoms with van der Waals surface area (Å²) >= 11 is 0. The van der Waals surface area contributed by atoms with Crippen LogP contribution in [0.4, 0.5) is 9.18 Å². The maximum absolute atomic E-state index is 13.7. The van der Waals surface area contributed by atoms with Crippen molar-refractivity contribution in [2.45, 2.75) is 44.6 Å². The highest BCUT2D eigenvalue weighted by atomic mass is 19.1. The summed E-state index contributed by atoms with van der Waals surface area (Å²) in [6, 6.07) is 4.21. The number of halogens is 1. The van der Waals surface area contributed by atoms with E-state index in [9.17, 15) is 9.18 Å². The van der Waals surface area contributed by atoms with Gasteiger partial charge in [-0.1, -0.05) is 0 Å². The summed E-state index contributed by atoms with van der Waals surface area (Å²) in [5.74, 6) is 0.789. The molecule has 1 unspecified atom stereocenters. The van der Waals surface area contributed by atoms with Crippen LogP contribution >= 0.6 is 0 Å². The van der Waals surface area contributed by atoms with Crippen molar-refractivity contribution in [3.05, 3.63) is 47.0 Å². The molecule has 0 saturated carbocycles. The van der Waals surface area contributed by atoms with Crippen LogP contribution in [0.5, 0.6) is 5.75 Å². The minimum Gasteiger partial charge on any atom is -0.493 e. The number of hydrogen-bond donors (Lipinski definition) is 2. The number of urea groups is 1. The van der Waals surface area contributed by atoms with Gasteiger partial charge in [-0.25, -0.2) is 9.18 Å². The zero-order valence-corrected chi connectivity index (χ0v) is 15.5. The highest BCUT2D eigenvalue weighted by molar-refractivity contribution is 5.75. The molecule has 2 amide bonds. The SMILES string of the molecule is Cc1[nH]ncc1C1CCN(C(=O)NC2CCCOc3ccc(F)cc32)CC1. The van der Waals surface area contributed by atoms with E-state index < -0.39 is 0 Å². The van der Waals surface area contributed by atoms with Crippen LogP contribution in [0.15, 0.2) is 24.4 Å². The molecule has 0 aliphatic carbocycles.